The van der Waals surface area contributed by atoms with Crippen LogP contribution < -0.4 is 5.32 Å². The van der Waals surface area contributed by atoms with Gasteiger partial charge in [0.1, 0.15) is 5.75 Å². The molecule has 0 amide bonds. The summed E-state index contributed by atoms with van der Waals surface area (Å²) in [5.74, 6) is 0.322. The highest BCUT2D eigenvalue weighted by Crippen LogP contribution is 2.15. The smallest absolute Gasteiger partial charge is 0.115 e. The second kappa shape index (κ2) is 6.00. The van der Waals surface area contributed by atoms with Crippen LogP contribution in [0.4, 0.5) is 0 Å². The Kier molecular flexibility index (Phi) is 4.36. The third kappa shape index (κ3) is 3.43. The van der Waals surface area contributed by atoms with E-state index in [1.807, 2.05) is 19.2 Å². The molecule has 1 aromatic rings. The predicted octanol–water partition coefficient (Wildman–Crippen LogP) is 0.812. The van der Waals surface area contributed by atoms with Gasteiger partial charge in [0.25, 0.3) is 0 Å². The average molecular weight is 236 g/mol. The van der Waals surface area contributed by atoms with Crippen molar-refractivity contribution < 1.29 is 9.84 Å². The van der Waals surface area contributed by atoms with Crippen LogP contribution in [0, 0.1) is 0 Å². The number of benzene rings is 1. The zero-order chi connectivity index (χ0) is 12.1. The Balaban J connectivity index is 1.97. The number of nitrogens with zero attached hydrogens (tertiary/aromatic N) is 1. The van der Waals surface area contributed by atoms with Crippen LogP contribution in [-0.4, -0.2) is 49.4 Å². The van der Waals surface area contributed by atoms with Crippen LogP contribution in [-0.2, 0) is 11.3 Å². The average Bonchev–Trinajstić information content (AvgIpc) is 2.35. The Morgan fingerprint density at radius 1 is 1.41 bits per heavy atom. The van der Waals surface area contributed by atoms with Crippen LogP contribution in [0.25, 0.3) is 0 Å². The van der Waals surface area contributed by atoms with Crippen molar-refractivity contribution in [3.63, 3.8) is 0 Å². The van der Waals surface area contributed by atoms with Crippen LogP contribution in [0.3, 0.4) is 0 Å². The van der Waals surface area contributed by atoms with Crippen LogP contribution in [0.1, 0.15) is 5.56 Å². The SMILES string of the molecule is CNCC1COCCN1Cc1ccc(O)cc1. The molecule has 17 heavy (non-hydrogen) atoms. The molecule has 1 aromatic carbocycles. The number of hydrogen-bond acceptors (Lipinski definition) is 4. The minimum absolute atomic E-state index is 0.322. The van der Waals surface area contributed by atoms with Gasteiger partial charge < -0.3 is 15.2 Å². The number of likely N-dealkylation sites (N-methyl/N-ethyl adjacent to an activating group) is 1. The lowest BCUT2D eigenvalue weighted by Crippen LogP contribution is -2.49. The second-order valence-electron chi connectivity index (χ2n) is 4.42. The molecular formula is C13H20N2O2. The van der Waals surface area contributed by atoms with Gasteiger partial charge in [0.05, 0.1) is 13.2 Å². The van der Waals surface area contributed by atoms with E-state index in [2.05, 4.69) is 10.2 Å². The first-order valence-corrected chi connectivity index (χ1v) is 6.04. The summed E-state index contributed by atoms with van der Waals surface area (Å²) in [6.07, 6.45) is 0. The van der Waals surface area contributed by atoms with Gasteiger partial charge in [-0.1, -0.05) is 12.1 Å². The van der Waals surface area contributed by atoms with Crippen molar-refractivity contribution in [3.8, 4) is 5.75 Å². The maximum atomic E-state index is 9.26. The highest BCUT2D eigenvalue weighted by molar-refractivity contribution is 5.25. The van der Waals surface area contributed by atoms with Crippen LogP contribution in [0.5, 0.6) is 5.75 Å². The minimum atomic E-state index is 0.322. The molecule has 0 bridgehead atoms. The first kappa shape index (κ1) is 12.4. The summed E-state index contributed by atoms with van der Waals surface area (Å²) in [6, 6.07) is 7.86. The Morgan fingerprint density at radius 2 is 2.18 bits per heavy atom. The molecule has 1 aliphatic heterocycles. The summed E-state index contributed by atoms with van der Waals surface area (Å²) in [6.45, 7) is 4.42. The van der Waals surface area contributed by atoms with Crippen molar-refractivity contribution in [1.29, 1.82) is 0 Å². The van der Waals surface area contributed by atoms with Crippen molar-refractivity contribution >= 4 is 0 Å². The van der Waals surface area contributed by atoms with E-state index >= 15 is 0 Å². The zero-order valence-electron chi connectivity index (χ0n) is 10.2. The number of nitrogens with one attached hydrogen (secondary N) is 1. The van der Waals surface area contributed by atoms with E-state index in [0.717, 1.165) is 32.8 Å². The van der Waals surface area contributed by atoms with Crippen molar-refractivity contribution in [2.75, 3.05) is 33.4 Å². The van der Waals surface area contributed by atoms with Crippen molar-refractivity contribution in [3.05, 3.63) is 29.8 Å². The number of aromatic hydroxyl groups is 1. The number of ether oxygens (including phenoxy) is 1. The number of morpholine rings is 1. The van der Waals surface area contributed by atoms with Gasteiger partial charge in [0.2, 0.25) is 0 Å². The molecule has 0 aromatic heterocycles. The third-order valence-electron chi connectivity index (χ3n) is 3.11. The van der Waals surface area contributed by atoms with E-state index in [1.165, 1.54) is 5.56 Å². The molecule has 0 saturated carbocycles. The maximum Gasteiger partial charge on any atom is 0.115 e. The van der Waals surface area contributed by atoms with Gasteiger partial charge in [-0.15, -0.1) is 0 Å². The van der Waals surface area contributed by atoms with Gasteiger partial charge in [0.15, 0.2) is 0 Å². The molecule has 0 radical (unpaired) electrons. The first-order chi connectivity index (χ1) is 8.29. The molecule has 1 fully saturated rings. The normalized spacial score (nSPS) is 21.6. The molecule has 2 rings (SSSR count). The Morgan fingerprint density at radius 3 is 2.88 bits per heavy atom. The fourth-order valence-electron chi connectivity index (χ4n) is 2.16. The van der Waals surface area contributed by atoms with E-state index < -0.39 is 0 Å². The molecule has 0 spiro atoms. The minimum Gasteiger partial charge on any atom is -0.508 e. The van der Waals surface area contributed by atoms with E-state index in [0.29, 0.717) is 11.8 Å². The molecule has 1 unspecified atom stereocenters. The lowest BCUT2D eigenvalue weighted by atomic mass is 10.1. The zero-order valence-corrected chi connectivity index (χ0v) is 10.2. The molecule has 1 heterocycles. The summed E-state index contributed by atoms with van der Waals surface area (Å²) >= 11 is 0. The Hall–Kier alpha value is -1.10. The highest BCUT2D eigenvalue weighted by atomic mass is 16.5. The topological polar surface area (TPSA) is 44.7 Å². The Bertz CT molecular complexity index is 338. The van der Waals surface area contributed by atoms with E-state index in [4.69, 9.17) is 4.74 Å². The standard InChI is InChI=1S/C13H20N2O2/c1-14-8-12-10-17-7-6-15(12)9-11-2-4-13(16)5-3-11/h2-5,12,14,16H,6-10H2,1H3. The Labute approximate surface area is 102 Å². The summed E-state index contributed by atoms with van der Waals surface area (Å²) in [4.78, 5) is 2.42. The molecule has 1 atom stereocenters. The molecule has 4 nitrogen and oxygen atoms in total. The summed E-state index contributed by atoms with van der Waals surface area (Å²) < 4.78 is 5.50. The molecule has 94 valence electrons. The van der Waals surface area contributed by atoms with Crippen LogP contribution in [0.2, 0.25) is 0 Å². The third-order valence-corrected chi connectivity index (χ3v) is 3.11. The molecule has 1 aliphatic rings. The van der Waals surface area contributed by atoms with E-state index in [9.17, 15) is 5.11 Å². The monoisotopic (exact) mass is 236 g/mol. The second-order valence-corrected chi connectivity index (χ2v) is 4.42. The molecule has 4 heteroatoms. The largest absolute Gasteiger partial charge is 0.508 e. The summed E-state index contributed by atoms with van der Waals surface area (Å²) in [5, 5.41) is 12.5. The lowest BCUT2D eigenvalue weighted by molar-refractivity contribution is -0.0103. The number of phenolic OH excluding ortho intramolecular Hbond substituents is 1. The quantitative estimate of drug-likeness (QED) is 0.812. The van der Waals surface area contributed by atoms with Gasteiger partial charge in [-0.3, -0.25) is 4.90 Å². The molecular weight excluding hydrogens is 216 g/mol. The van der Waals surface area contributed by atoms with E-state index in [1.54, 1.807) is 12.1 Å². The first-order valence-electron chi connectivity index (χ1n) is 6.04. The maximum absolute atomic E-state index is 9.26. The summed E-state index contributed by atoms with van der Waals surface area (Å²) in [7, 11) is 1.97. The molecule has 0 aliphatic carbocycles. The van der Waals surface area contributed by atoms with Gasteiger partial charge >= 0.3 is 0 Å². The van der Waals surface area contributed by atoms with Crippen molar-refractivity contribution in [2.24, 2.45) is 0 Å². The van der Waals surface area contributed by atoms with Crippen molar-refractivity contribution in [2.45, 2.75) is 12.6 Å². The number of rotatable bonds is 4. The van der Waals surface area contributed by atoms with Crippen LogP contribution >= 0.6 is 0 Å². The van der Waals surface area contributed by atoms with Gasteiger partial charge in [0, 0.05) is 25.7 Å². The van der Waals surface area contributed by atoms with Gasteiger partial charge in [-0.25, -0.2) is 0 Å². The van der Waals surface area contributed by atoms with E-state index in [-0.39, 0.29) is 0 Å². The highest BCUT2D eigenvalue weighted by Gasteiger charge is 2.22. The van der Waals surface area contributed by atoms with Crippen LogP contribution in [0.15, 0.2) is 24.3 Å². The van der Waals surface area contributed by atoms with Gasteiger partial charge in [-0.05, 0) is 24.7 Å². The molecule has 1 saturated heterocycles. The predicted molar refractivity (Wildman–Crippen MR) is 67.1 cm³/mol. The fraction of sp³-hybridized carbons (Fsp3) is 0.538. The lowest BCUT2D eigenvalue weighted by Gasteiger charge is -2.35. The number of hydrogen-bond donors (Lipinski definition) is 2. The fourth-order valence-corrected chi connectivity index (χ4v) is 2.16. The molecule has 2 N–H and O–H groups in total. The van der Waals surface area contributed by atoms with Crippen molar-refractivity contribution in [1.82, 2.24) is 10.2 Å². The summed E-state index contributed by atoms with van der Waals surface area (Å²) in [5.41, 5.74) is 1.23. The van der Waals surface area contributed by atoms with Gasteiger partial charge in [-0.2, -0.15) is 0 Å². The number of phenols is 1.